The fourth-order valence-electron chi connectivity index (χ4n) is 4.06. The largest absolute Gasteiger partial charge is 0.496 e. The Morgan fingerprint density at radius 1 is 1.25 bits per heavy atom. The van der Waals surface area contributed by atoms with Crippen LogP contribution in [-0.2, 0) is 10.0 Å². The summed E-state index contributed by atoms with van der Waals surface area (Å²) < 4.78 is 54.0. The summed E-state index contributed by atoms with van der Waals surface area (Å²) in [6, 6.07) is 14.2. The van der Waals surface area contributed by atoms with Crippen molar-refractivity contribution < 1.29 is 27.4 Å². The smallest absolute Gasteiger partial charge is 0.265 e. The minimum absolute atomic E-state index is 0.0476. The Bertz CT molecular complexity index is 1430. The Morgan fingerprint density at radius 2 is 2.00 bits per heavy atom. The molecule has 0 unspecified atom stereocenters. The van der Waals surface area contributed by atoms with Crippen molar-refractivity contribution in [1.82, 2.24) is 0 Å². The highest BCUT2D eigenvalue weighted by atomic mass is 127. The number of methoxy groups -OCH3 is 1. The number of fused-ring (bicyclic) bond motifs is 1. The summed E-state index contributed by atoms with van der Waals surface area (Å²) in [6.45, 7) is 3.18. The summed E-state index contributed by atoms with van der Waals surface area (Å²) >= 11 is 8.18. The Morgan fingerprint density at radius 3 is 2.67 bits per heavy atom. The molecule has 10 heteroatoms. The second-order valence-corrected chi connectivity index (χ2v) is 11.8. The minimum atomic E-state index is -4.07. The van der Waals surface area contributed by atoms with Crippen LogP contribution in [-0.4, -0.2) is 37.4 Å². The first-order valence-corrected chi connectivity index (χ1v) is 14.0. The molecule has 6 nitrogen and oxygen atoms in total. The third-order valence-corrected chi connectivity index (χ3v) is 9.73. The lowest BCUT2D eigenvalue weighted by atomic mass is 10.0. The summed E-state index contributed by atoms with van der Waals surface area (Å²) in [5, 5.41) is 10.2. The van der Waals surface area contributed by atoms with Gasteiger partial charge in [-0.15, -0.1) is 0 Å². The highest BCUT2D eigenvalue weighted by Gasteiger charge is 2.41. The number of ether oxygens (including phenoxy) is 2. The standard InChI is InChI=1S/C26H24ClFINO5S/c1-15-7-9-18(13-23(15)34-3)36(32,33)30-21-12-17(8-10-22(21)35-24(14-31)26(30)29)11-16(2)25-19(27)5-4-6-20(25)28/h4-13,24,26,31H,14H2,1-3H3/b16-11+/t24-,26-/m0/s1. The number of aryl methyl sites for hydroxylation is 1. The van der Waals surface area contributed by atoms with Crippen LogP contribution in [0.25, 0.3) is 11.6 Å². The van der Waals surface area contributed by atoms with Crippen LogP contribution in [0.3, 0.4) is 0 Å². The van der Waals surface area contributed by atoms with Crippen molar-refractivity contribution >= 4 is 61.6 Å². The topological polar surface area (TPSA) is 76.1 Å². The van der Waals surface area contributed by atoms with Gasteiger partial charge in [0.2, 0.25) is 0 Å². The Hall–Kier alpha value is -2.34. The number of sulfonamides is 1. The third kappa shape index (κ3) is 4.93. The lowest BCUT2D eigenvalue weighted by molar-refractivity contribution is 0.112. The van der Waals surface area contributed by atoms with Crippen LogP contribution >= 0.6 is 34.2 Å². The molecule has 3 aromatic carbocycles. The number of allylic oxidation sites excluding steroid dienone is 1. The summed E-state index contributed by atoms with van der Waals surface area (Å²) in [5.74, 6) is 0.305. The van der Waals surface area contributed by atoms with Crippen molar-refractivity contribution in [2.24, 2.45) is 0 Å². The highest BCUT2D eigenvalue weighted by molar-refractivity contribution is 14.1. The number of aliphatic hydroxyl groups excluding tert-OH is 1. The number of rotatable bonds is 6. The second-order valence-electron chi connectivity index (χ2n) is 8.29. The summed E-state index contributed by atoms with van der Waals surface area (Å²) in [5.41, 5.74) is 2.58. The van der Waals surface area contributed by atoms with Crippen LogP contribution in [0.1, 0.15) is 23.6 Å². The molecule has 190 valence electrons. The van der Waals surface area contributed by atoms with Gasteiger partial charge in [0.15, 0.2) is 6.10 Å². The zero-order chi connectivity index (χ0) is 26.2. The molecule has 1 heterocycles. The molecule has 0 aliphatic carbocycles. The zero-order valence-corrected chi connectivity index (χ0v) is 23.4. The molecule has 2 atom stereocenters. The zero-order valence-electron chi connectivity index (χ0n) is 19.7. The molecule has 0 amide bonds. The van der Waals surface area contributed by atoms with E-state index in [1.807, 2.05) is 29.5 Å². The quantitative estimate of drug-likeness (QED) is 0.153. The van der Waals surface area contributed by atoms with E-state index in [4.69, 9.17) is 21.1 Å². The monoisotopic (exact) mass is 643 g/mol. The SMILES string of the molecule is COc1cc(S(=O)(=O)N2c3cc(/C=C(\C)c4c(F)cccc4Cl)ccc3O[C@@H](CO)[C@H]2I)ccc1C. The van der Waals surface area contributed by atoms with Crippen LogP contribution in [0.15, 0.2) is 59.5 Å². The maximum Gasteiger partial charge on any atom is 0.265 e. The summed E-state index contributed by atoms with van der Waals surface area (Å²) in [4.78, 5) is 0.0476. The van der Waals surface area contributed by atoms with E-state index >= 15 is 0 Å². The Kier molecular flexibility index (Phi) is 7.84. The Balaban J connectivity index is 1.85. The molecule has 0 saturated heterocycles. The van der Waals surface area contributed by atoms with E-state index in [2.05, 4.69) is 0 Å². The van der Waals surface area contributed by atoms with Gasteiger partial charge in [0.1, 0.15) is 21.4 Å². The van der Waals surface area contributed by atoms with Crippen LogP contribution in [0.4, 0.5) is 10.1 Å². The average Bonchev–Trinajstić information content (AvgIpc) is 2.83. The first-order valence-electron chi connectivity index (χ1n) is 11.0. The van der Waals surface area contributed by atoms with E-state index in [1.165, 1.54) is 35.7 Å². The van der Waals surface area contributed by atoms with Gasteiger partial charge >= 0.3 is 0 Å². The predicted molar refractivity (Wildman–Crippen MR) is 148 cm³/mol. The van der Waals surface area contributed by atoms with Gasteiger partial charge in [0, 0.05) is 11.6 Å². The van der Waals surface area contributed by atoms with Crippen LogP contribution < -0.4 is 13.8 Å². The van der Waals surface area contributed by atoms with Crippen molar-refractivity contribution in [2.45, 2.75) is 28.9 Å². The molecule has 0 spiro atoms. The fourth-order valence-corrected chi connectivity index (χ4v) is 7.47. The fraction of sp³-hybridized carbons (Fsp3) is 0.231. The van der Waals surface area contributed by atoms with E-state index in [9.17, 15) is 17.9 Å². The highest BCUT2D eigenvalue weighted by Crippen LogP contribution is 2.43. The maximum absolute atomic E-state index is 14.4. The number of alkyl halides is 1. The molecule has 0 radical (unpaired) electrons. The molecule has 0 saturated carbocycles. The van der Waals surface area contributed by atoms with Crippen molar-refractivity contribution in [3.05, 3.63) is 82.1 Å². The van der Waals surface area contributed by atoms with E-state index in [-0.39, 0.29) is 22.1 Å². The van der Waals surface area contributed by atoms with E-state index in [1.54, 1.807) is 43.3 Å². The molecule has 0 aromatic heterocycles. The molecule has 4 rings (SSSR count). The van der Waals surface area contributed by atoms with E-state index in [0.29, 0.717) is 28.3 Å². The van der Waals surface area contributed by atoms with Crippen LogP contribution in [0.2, 0.25) is 5.02 Å². The van der Waals surface area contributed by atoms with Crippen molar-refractivity contribution in [2.75, 3.05) is 18.0 Å². The molecule has 1 aliphatic heterocycles. The average molecular weight is 644 g/mol. The second kappa shape index (κ2) is 10.6. The minimum Gasteiger partial charge on any atom is -0.496 e. The van der Waals surface area contributed by atoms with Crippen molar-refractivity contribution in [3.8, 4) is 11.5 Å². The van der Waals surface area contributed by atoms with E-state index < -0.39 is 26.0 Å². The van der Waals surface area contributed by atoms with E-state index in [0.717, 1.165) is 5.56 Å². The van der Waals surface area contributed by atoms with Gasteiger partial charge in [-0.05, 0) is 60.9 Å². The molecule has 1 N–H and O–H groups in total. The van der Waals surface area contributed by atoms with Gasteiger partial charge in [-0.2, -0.15) is 0 Å². The van der Waals surface area contributed by atoms with Gasteiger partial charge in [0.25, 0.3) is 10.0 Å². The number of nitrogens with zero attached hydrogens (tertiary/aromatic N) is 1. The predicted octanol–water partition coefficient (Wildman–Crippen LogP) is 6.07. The lowest BCUT2D eigenvalue weighted by Gasteiger charge is -2.39. The first-order chi connectivity index (χ1) is 17.1. The number of halogens is 3. The van der Waals surface area contributed by atoms with Gasteiger partial charge < -0.3 is 14.6 Å². The number of aliphatic hydroxyl groups is 1. The molecule has 1 aliphatic rings. The number of hydrogen-bond donors (Lipinski definition) is 1. The molecule has 3 aromatic rings. The van der Waals surface area contributed by atoms with Gasteiger partial charge in [0.05, 0.1) is 29.3 Å². The molecular weight excluding hydrogens is 620 g/mol. The maximum atomic E-state index is 14.4. The van der Waals surface area contributed by atoms with Crippen LogP contribution in [0.5, 0.6) is 11.5 Å². The van der Waals surface area contributed by atoms with Crippen molar-refractivity contribution in [3.63, 3.8) is 0 Å². The molecule has 0 fully saturated rings. The molecule has 0 bridgehead atoms. The summed E-state index contributed by atoms with van der Waals surface area (Å²) in [7, 11) is -2.59. The number of benzene rings is 3. The normalized spacial score (nSPS) is 18.0. The van der Waals surface area contributed by atoms with Gasteiger partial charge in [-0.25, -0.2) is 17.1 Å². The van der Waals surface area contributed by atoms with Gasteiger partial charge in [-0.1, -0.05) is 58.5 Å². The van der Waals surface area contributed by atoms with Crippen molar-refractivity contribution in [1.29, 1.82) is 0 Å². The van der Waals surface area contributed by atoms with Gasteiger partial charge in [-0.3, -0.25) is 0 Å². The Labute approximate surface area is 228 Å². The number of anilines is 1. The lowest BCUT2D eigenvalue weighted by Crippen LogP contribution is -2.50. The third-order valence-electron chi connectivity index (χ3n) is 5.89. The molecule has 36 heavy (non-hydrogen) atoms. The number of hydrogen-bond acceptors (Lipinski definition) is 5. The first kappa shape index (κ1) is 26.7. The van der Waals surface area contributed by atoms with Crippen LogP contribution in [0, 0.1) is 12.7 Å². The molecular formula is C26H24ClFINO5S. The summed E-state index contributed by atoms with van der Waals surface area (Å²) in [6.07, 6.45) is 0.950.